The molecule has 0 spiro atoms. The molecule has 0 aliphatic carbocycles. The fourth-order valence-corrected chi connectivity index (χ4v) is 3.61. The molecule has 4 rings (SSSR count). The summed E-state index contributed by atoms with van der Waals surface area (Å²) >= 11 is 17.7. The predicted molar refractivity (Wildman–Crippen MR) is 139 cm³/mol. The van der Waals surface area contributed by atoms with Crippen LogP contribution in [0.2, 0.25) is 10.0 Å². The van der Waals surface area contributed by atoms with E-state index >= 15 is 0 Å². The minimum Gasteiger partial charge on any atom is -0.324 e. The molecule has 1 heterocycles. The molecule has 0 amide bonds. The molecule has 0 unspecified atom stereocenters. The fourth-order valence-electron chi connectivity index (χ4n) is 3.05. The van der Waals surface area contributed by atoms with Crippen molar-refractivity contribution in [2.75, 3.05) is 10.7 Å². The first-order chi connectivity index (χ1) is 16.4. The summed E-state index contributed by atoms with van der Waals surface area (Å²) in [7, 11) is 0. The lowest BCUT2D eigenvalue weighted by atomic mass is 10.1. The highest BCUT2D eigenvalue weighted by molar-refractivity contribution is 7.80. The van der Waals surface area contributed by atoms with E-state index < -0.39 is 5.82 Å². The minimum absolute atomic E-state index is 0.0529. The van der Waals surface area contributed by atoms with Gasteiger partial charge in [-0.15, -0.1) is 0 Å². The van der Waals surface area contributed by atoms with E-state index in [0.29, 0.717) is 15.7 Å². The van der Waals surface area contributed by atoms with Gasteiger partial charge in [0.25, 0.3) is 0 Å². The minimum atomic E-state index is -0.554. The van der Waals surface area contributed by atoms with Crippen molar-refractivity contribution < 1.29 is 4.39 Å². The van der Waals surface area contributed by atoms with Crippen LogP contribution in [0.4, 0.5) is 22.0 Å². The Hall–Kier alpha value is -3.33. The molecular weight excluding hydrogens is 494 g/mol. The van der Waals surface area contributed by atoms with Crippen LogP contribution >= 0.6 is 35.4 Å². The van der Waals surface area contributed by atoms with Crippen LogP contribution in [0.5, 0.6) is 0 Å². The number of halogens is 3. The van der Waals surface area contributed by atoms with Crippen molar-refractivity contribution in [2.45, 2.75) is 13.3 Å². The number of nitrogens with zero attached hydrogens (tertiary/aromatic N) is 3. The number of benzene rings is 3. The van der Waals surface area contributed by atoms with E-state index in [4.69, 9.17) is 35.4 Å². The Labute approximate surface area is 211 Å². The molecule has 0 fully saturated rings. The molecule has 0 saturated carbocycles. The highest BCUT2D eigenvalue weighted by atomic mass is 35.5. The molecule has 0 aliphatic rings. The average molecular weight is 513 g/mol. The second-order valence-electron chi connectivity index (χ2n) is 7.16. The van der Waals surface area contributed by atoms with Crippen molar-refractivity contribution in [3.8, 4) is 11.4 Å². The summed E-state index contributed by atoms with van der Waals surface area (Å²) in [6.45, 7) is 2.09. The molecular formula is C24H19Cl2FN6S. The van der Waals surface area contributed by atoms with Gasteiger partial charge >= 0.3 is 0 Å². The monoisotopic (exact) mass is 512 g/mol. The van der Waals surface area contributed by atoms with Gasteiger partial charge in [-0.05, 0) is 48.4 Å². The number of hydrogen-bond acceptors (Lipinski definition) is 6. The van der Waals surface area contributed by atoms with Crippen molar-refractivity contribution in [1.29, 1.82) is 0 Å². The molecule has 4 aromatic rings. The molecule has 0 atom stereocenters. The average Bonchev–Trinajstić information content (AvgIpc) is 2.84. The number of hydrogen-bond donors (Lipinski definition) is 3. The normalized spacial score (nSPS) is 10.6. The van der Waals surface area contributed by atoms with E-state index in [2.05, 4.69) is 38.0 Å². The molecule has 0 radical (unpaired) electrons. The van der Waals surface area contributed by atoms with Crippen molar-refractivity contribution in [3.63, 3.8) is 0 Å². The summed E-state index contributed by atoms with van der Waals surface area (Å²) in [5, 5.41) is 3.83. The molecule has 172 valence electrons. The second-order valence-corrected chi connectivity index (χ2v) is 8.42. The van der Waals surface area contributed by atoms with Crippen LogP contribution in [0.25, 0.3) is 11.4 Å². The van der Waals surface area contributed by atoms with Crippen LogP contribution in [0.3, 0.4) is 0 Å². The van der Waals surface area contributed by atoms with Gasteiger partial charge < -0.3 is 5.32 Å². The van der Waals surface area contributed by atoms with Gasteiger partial charge in [-0.25, -0.2) is 4.39 Å². The summed E-state index contributed by atoms with van der Waals surface area (Å²) in [5.41, 5.74) is 8.57. The van der Waals surface area contributed by atoms with Crippen molar-refractivity contribution in [2.24, 2.45) is 0 Å². The molecule has 1 aromatic heterocycles. The van der Waals surface area contributed by atoms with Gasteiger partial charge in [0, 0.05) is 16.3 Å². The lowest BCUT2D eigenvalue weighted by molar-refractivity contribution is 0.630. The summed E-state index contributed by atoms with van der Waals surface area (Å²) in [4.78, 5) is 13.5. The number of nitrogens with one attached hydrogen (secondary N) is 3. The second kappa shape index (κ2) is 10.7. The van der Waals surface area contributed by atoms with Crippen molar-refractivity contribution in [3.05, 3.63) is 93.7 Å². The Balaban J connectivity index is 1.63. The standard InChI is InChI=1S/C24H19Cl2FN6S/c1-2-14-6-8-15(9-7-14)22(34)32-33-24-30-21(20-18(26)4-3-5-19(20)27)29-23(31-24)28-17-12-10-16(25)11-13-17/h3-13H,2H2,1H3,(H,32,34)(H2,28,29,30,31,33). The first-order valence-electron chi connectivity index (χ1n) is 10.3. The number of anilines is 3. The quantitative estimate of drug-likeness (QED) is 0.190. The largest absolute Gasteiger partial charge is 0.324 e. The fraction of sp³-hybridized carbons (Fsp3) is 0.0833. The Morgan fingerprint density at radius 3 is 2.29 bits per heavy atom. The molecule has 3 N–H and O–H groups in total. The van der Waals surface area contributed by atoms with E-state index in [0.717, 1.165) is 12.0 Å². The SMILES string of the molecule is CCc1ccc(C(=S)NNc2nc(Nc3ccc(Cl)cc3)nc(-c3c(F)cccc3Cl)n2)cc1. The predicted octanol–water partition coefficient (Wildman–Crippen LogP) is 6.58. The summed E-state index contributed by atoms with van der Waals surface area (Å²) in [6, 6.07) is 19.2. The van der Waals surface area contributed by atoms with E-state index in [1.165, 1.54) is 17.7 Å². The lowest BCUT2D eigenvalue weighted by Crippen LogP contribution is -2.29. The van der Waals surface area contributed by atoms with E-state index in [1.54, 1.807) is 30.3 Å². The zero-order chi connectivity index (χ0) is 24.1. The molecule has 0 aliphatic heterocycles. The van der Waals surface area contributed by atoms with E-state index in [-0.39, 0.29) is 28.3 Å². The zero-order valence-corrected chi connectivity index (χ0v) is 20.3. The van der Waals surface area contributed by atoms with E-state index in [1.807, 2.05) is 24.3 Å². The number of aromatic nitrogens is 3. The maximum Gasteiger partial charge on any atom is 0.247 e. The van der Waals surface area contributed by atoms with Crippen LogP contribution in [0.15, 0.2) is 66.7 Å². The highest BCUT2D eigenvalue weighted by Gasteiger charge is 2.16. The topological polar surface area (TPSA) is 74.8 Å². The summed E-state index contributed by atoms with van der Waals surface area (Å²) < 4.78 is 14.6. The third kappa shape index (κ3) is 5.77. The van der Waals surface area contributed by atoms with Crippen LogP contribution in [-0.4, -0.2) is 19.9 Å². The number of hydrazine groups is 1. The van der Waals surface area contributed by atoms with Gasteiger partial charge in [-0.3, -0.25) is 10.9 Å². The van der Waals surface area contributed by atoms with Gasteiger partial charge in [0.1, 0.15) is 10.8 Å². The maximum atomic E-state index is 14.6. The smallest absolute Gasteiger partial charge is 0.247 e. The third-order valence-corrected chi connectivity index (χ3v) is 5.74. The van der Waals surface area contributed by atoms with Crippen molar-refractivity contribution >= 4 is 58.0 Å². The zero-order valence-electron chi connectivity index (χ0n) is 17.9. The molecule has 10 heteroatoms. The molecule has 0 saturated heterocycles. The van der Waals surface area contributed by atoms with Gasteiger partial charge in [-0.1, -0.05) is 72.7 Å². The maximum absolute atomic E-state index is 14.6. The first-order valence-corrected chi connectivity index (χ1v) is 11.5. The molecule has 0 bridgehead atoms. The Kier molecular flexibility index (Phi) is 7.52. The van der Waals surface area contributed by atoms with Gasteiger partial charge in [0.15, 0.2) is 5.82 Å². The molecule has 6 nitrogen and oxygen atoms in total. The van der Waals surface area contributed by atoms with Crippen LogP contribution in [0, 0.1) is 5.82 Å². The van der Waals surface area contributed by atoms with Gasteiger partial charge in [0.2, 0.25) is 11.9 Å². The Morgan fingerprint density at radius 2 is 1.62 bits per heavy atom. The molecule has 34 heavy (non-hydrogen) atoms. The number of rotatable bonds is 7. The highest BCUT2D eigenvalue weighted by Crippen LogP contribution is 2.29. The lowest BCUT2D eigenvalue weighted by Gasteiger charge is -2.13. The van der Waals surface area contributed by atoms with Crippen LogP contribution in [0.1, 0.15) is 18.1 Å². The van der Waals surface area contributed by atoms with Crippen LogP contribution in [-0.2, 0) is 6.42 Å². The number of thiocarbonyl (C=S) groups is 1. The van der Waals surface area contributed by atoms with Crippen molar-refractivity contribution in [1.82, 2.24) is 20.4 Å². The number of aryl methyl sites for hydroxylation is 1. The Bertz CT molecular complexity index is 1300. The van der Waals surface area contributed by atoms with Gasteiger partial charge in [0.05, 0.1) is 10.6 Å². The summed E-state index contributed by atoms with van der Waals surface area (Å²) in [5.74, 6) is -0.207. The van der Waals surface area contributed by atoms with Crippen LogP contribution < -0.4 is 16.2 Å². The Morgan fingerprint density at radius 1 is 0.912 bits per heavy atom. The van der Waals surface area contributed by atoms with E-state index in [9.17, 15) is 4.39 Å². The summed E-state index contributed by atoms with van der Waals surface area (Å²) in [6.07, 6.45) is 0.939. The third-order valence-electron chi connectivity index (χ3n) is 4.83. The van der Waals surface area contributed by atoms with Gasteiger partial charge in [-0.2, -0.15) is 15.0 Å². The molecule has 3 aromatic carbocycles. The first kappa shape index (κ1) is 23.8.